The van der Waals surface area contributed by atoms with E-state index in [0.29, 0.717) is 17.1 Å². The number of nitrogen functional groups attached to an aromatic ring is 1. The highest BCUT2D eigenvalue weighted by Gasteiger charge is 2.18. The number of hydrogen-bond acceptors (Lipinski definition) is 5. The van der Waals surface area contributed by atoms with Gasteiger partial charge in [-0.25, -0.2) is 4.68 Å². The molecule has 0 saturated heterocycles. The molecule has 0 saturated carbocycles. The van der Waals surface area contributed by atoms with Gasteiger partial charge in [-0.05, 0) is 69.7 Å². The van der Waals surface area contributed by atoms with Crippen molar-refractivity contribution >= 4 is 29.7 Å². The fraction of sp³-hybridized carbons (Fsp3) is 0.250. The molecule has 0 aliphatic carbocycles. The van der Waals surface area contributed by atoms with Gasteiger partial charge in [0.1, 0.15) is 5.75 Å². The van der Waals surface area contributed by atoms with E-state index in [1.54, 1.807) is 23.7 Å². The third-order valence-electron chi connectivity index (χ3n) is 4.07. The Kier molecular flexibility index (Phi) is 6.64. The maximum atomic E-state index is 12.6. The molecule has 3 N–H and O–H groups in total. The third kappa shape index (κ3) is 4.61. The summed E-state index contributed by atoms with van der Waals surface area (Å²) in [6.45, 7) is 7.66. The molecule has 1 amide bonds. The Hall–Kier alpha value is -3.06. The Bertz CT molecular complexity index is 967. The molecular formula is C20H24ClN5O2. The summed E-state index contributed by atoms with van der Waals surface area (Å²) in [5.74, 6) is 0.453. The van der Waals surface area contributed by atoms with E-state index < -0.39 is 0 Å². The monoisotopic (exact) mass is 401 g/mol. The SMILES string of the molecule is Cc1ccc(N)cc1NC(=O)c1nnn(-c2ccc(OC(C)C)cc2)c1C.Cl. The smallest absolute Gasteiger partial charge is 0.278 e. The number of carbonyl (C=O) groups excluding carboxylic acids is 1. The summed E-state index contributed by atoms with van der Waals surface area (Å²) in [4.78, 5) is 12.6. The van der Waals surface area contributed by atoms with Crippen LogP contribution in [0.15, 0.2) is 42.5 Å². The van der Waals surface area contributed by atoms with Gasteiger partial charge in [-0.3, -0.25) is 4.79 Å². The van der Waals surface area contributed by atoms with Crippen molar-refractivity contribution in [1.29, 1.82) is 0 Å². The molecule has 0 fully saturated rings. The molecule has 0 radical (unpaired) electrons. The number of aromatic nitrogens is 3. The zero-order valence-corrected chi connectivity index (χ0v) is 17.1. The van der Waals surface area contributed by atoms with Crippen LogP contribution in [0.1, 0.15) is 35.6 Å². The van der Waals surface area contributed by atoms with E-state index in [2.05, 4.69) is 15.6 Å². The van der Waals surface area contributed by atoms with E-state index in [0.717, 1.165) is 17.0 Å². The second-order valence-electron chi connectivity index (χ2n) is 6.62. The minimum atomic E-state index is -0.327. The summed E-state index contributed by atoms with van der Waals surface area (Å²) in [6, 6.07) is 12.9. The van der Waals surface area contributed by atoms with Crippen LogP contribution in [0.3, 0.4) is 0 Å². The van der Waals surface area contributed by atoms with Gasteiger partial charge in [0.2, 0.25) is 0 Å². The van der Waals surface area contributed by atoms with Crippen molar-refractivity contribution in [3.8, 4) is 11.4 Å². The van der Waals surface area contributed by atoms with Crippen molar-refractivity contribution < 1.29 is 9.53 Å². The molecule has 0 aliphatic heterocycles. The van der Waals surface area contributed by atoms with Crippen LogP contribution in [0, 0.1) is 13.8 Å². The van der Waals surface area contributed by atoms with E-state index in [1.807, 2.05) is 51.1 Å². The first kappa shape index (κ1) is 21.2. The van der Waals surface area contributed by atoms with Crippen LogP contribution in [0.4, 0.5) is 11.4 Å². The number of hydrogen-bond donors (Lipinski definition) is 2. The molecule has 7 nitrogen and oxygen atoms in total. The molecule has 0 atom stereocenters. The maximum absolute atomic E-state index is 12.6. The summed E-state index contributed by atoms with van der Waals surface area (Å²) in [5, 5.41) is 11.0. The molecule has 0 spiro atoms. The van der Waals surface area contributed by atoms with Gasteiger partial charge in [-0.1, -0.05) is 11.3 Å². The first-order valence-electron chi connectivity index (χ1n) is 8.72. The number of carbonyl (C=O) groups is 1. The number of benzene rings is 2. The van der Waals surface area contributed by atoms with E-state index in [4.69, 9.17) is 10.5 Å². The second kappa shape index (κ2) is 8.75. The van der Waals surface area contributed by atoms with Crippen molar-refractivity contribution in [3.05, 3.63) is 59.4 Å². The first-order valence-corrected chi connectivity index (χ1v) is 8.72. The molecule has 0 aliphatic rings. The predicted molar refractivity (Wildman–Crippen MR) is 113 cm³/mol. The standard InChI is InChI=1S/C20H23N5O2.ClH/c1-12(2)27-17-9-7-16(8-10-17)25-14(4)19(23-24-25)20(26)22-18-11-15(21)6-5-13(18)3;/h5-12H,21H2,1-4H3,(H,22,26);1H. The quantitative estimate of drug-likeness (QED) is 0.631. The molecule has 2 aromatic carbocycles. The van der Waals surface area contributed by atoms with Crippen LogP contribution in [-0.2, 0) is 0 Å². The fourth-order valence-electron chi connectivity index (χ4n) is 2.68. The summed E-state index contributed by atoms with van der Waals surface area (Å²) >= 11 is 0. The molecule has 3 aromatic rings. The molecule has 148 valence electrons. The Morgan fingerprint density at radius 1 is 1.14 bits per heavy atom. The summed E-state index contributed by atoms with van der Waals surface area (Å²) in [6.07, 6.45) is 0.106. The summed E-state index contributed by atoms with van der Waals surface area (Å²) in [7, 11) is 0. The van der Waals surface area contributed by atoms with E-state index >= 15 is 0 Å². The lowest BCUT2D eigenvalue weighted by molar-refractivity contribution is 0.102. The van der Waals surface area contributed by atoms with E-state index in [-0.39, 0.29) is 30.1 Å². The Labute approximate surface area is 170 Å². The zero-order valence-electron chi connectivity index (χ0n) is 16.3. The largest absolute Gasteiger partial charge is 0.491 e. The summed E-state index contributed by atoms with van der Waals surface area (Å²) < 4.78 is 7.27. The highest BCUT2D eigenvalue weighted by Crippen LogP contribution is 2.21. The second-order valence-corrected chi connectivity index (χ2v) is 6.62. The molecule has 28 heavy (non-hydrogen) atoms. The van der Waals surface area contributed by atoms with Crippen LogP contribution in [-0.4, -0.2) is 27.0 Å². The van der Waals surface area contributed by atoms with Crippen LogP contribution in [0.5, 0.6) is 5.75 Å². The number of ether oxygens (including phenoxy) is 1. The van der Waals surface area contributed by atoms with Gasteiger partial charge in [0.25, 0.3) is 5.91 Å². The van der Waals surface area contributed by atoms with Crippen LogP contribution in [0.2, 0.25) is 0 Å². The molecule has 0 unspecified atom stereocenters. The average molecular weight is 402 g/mol. The van der Waals surface area contributed by atoms with Gasteiger partial charge in [-0.15, -0.1) is 17.5 Å². The van der Waals surface area contributed by atoms with Gasteiger partial charge in [0, 0.05) is 11.4 Å². The minimum Gasteiger partial charge on any atom is -0.491 e. The van der Waals surface area contributed by atoms with Gasteiger partial charge in [0.05, 0.1) is 17.5 Å². The number of halogens is 1. The highest BCUT2D eigenvalue weighted by molar-refractivity contribution is 6.04. The number of rotatable bonds is 5. The third-order valence-corrected chi connectivity index (χ3v) is 4.07. The van der Waals surface area contributed by atoms with Crippen LogP contribution >= 0.6 is 12.4 Å². The minimum absolute atomic E-state index is 0. The van der Waals surface area contributed by atoms with E-state index in [1.165, 1.54) is 0 Å². The lowest BCUT2D eigenvalue weighted by atomic mass is 10.1. The number of amides is 1. The Morgan fingerprint density at radius 2 is 1.82 bits per heavy atom. The normalized spacial score (nSPS) is 10.5. The van der Waals surface area contributed by atoms with Crippen molar-refractivity contribution in [1.82, 2.24) is 15.0 Å². The first-order chi connectivity index (χ1) is 12.8. The van der Waals surface area contributed by atoms with Crippen molar-refractivity contribution in [2.45, 2.75) is 33.8 Å². The highest BCUT2D eigenvalue weighted by atomic mass is 35.5. The maximum Gasteiger partial charge on any atom is 0.278 e. The lowest BCUT2D eigenvalue weighted by Crippen LogP contribution is -2.15. The summed E-state index contributed by atoms with van der Waals surface area (Å²) in [5.41, 5.74) is 9.67. The van der Waals surface area contributed by atoms with Crippen molar-refractivity contribution in [2.75, 3.05) is 11.1 Å². The van der Waals surface area contributed by atoms with Crippen LogP contribution in [0.25, 0.3) is 5.69 Å². The van der Waals surface area contributed by atoms with Crippen molar-refractivity contribution in [2.24, 2.45) is 0 Å². The molecule has 1 aromatic heterocycles. The molecule has 3 rings (SSSR count). The van der Waals surface area contributed by atoms with Gasteiger partial charge >= 0.3 is 0 Å². The van der Waals surface area contributed by atoms with Crippen LogP contribution < -0.4 is 15.8 Å². The number of nitrogens with one attached hydrogen (secondary N) is 1. The van der Waals surface area contributed by atoms with Gasteiger partial charge in [-0.2, -0.15) is 0 Å². The topological polar surface area (TPSA) is 95.1 Å². The molecular weight excluding hydrogens is 378 g/mol. The van der Waals surface area contributed by atoms with E-state index in [9.17, 15) is 4.79 Å². The molecule has 1 heterocycles. The Balaban J connectivity index is 0.00000280. The number of aryl methyl sites for hydroxylation is 1. The Morgan fingerprint density at radius 3 is 2.46 bits per heavy atom. The van der Waals surface area contributed by atoms with Crippen molar-refractivity contribution in [3.63, 3.8) is 0 Å². The zero-order chi connectivity index (χ0) is 19.6. The predicted octanol–water partition coefficient (Wildman–Crippen LogP) is 3.93. The molecule has 0 bridgehead atoms. The number of nitrogens with zero attached hydrogens (tertiary/aromatic N) is 3. The lowest BCUT2D eigenvalue weighted by Gasteiger charge is -2.10. The number of anilines is 2. The molecule has 8 heteroatoms. The van der Waals surface area contributed by atoms with Gasteiger partial charge < -0.3 is 15.8 Å². The van der Waals surface area contributed by atoms with Gasteiger partial charge in [0.15, 0.2) is 5.69 Å². The fourth-order valence-corrected chi connectivity index (χ4v) is 2.68. The average Bonchev–Trinajstić information content (AvgIpc) is 3.00. The number of nitrogens with two attached hydrogens (primary N) is 1.